The van der Waals surface area contributed by atoms with Crippen molar-refractivity contribution in [1.82, 2.24) is 5.43 Å². The fourth-order valence-electron chi connectivity index (χ4n) is 2.17. The highest BCUT2D eigenvalue weighted by Crippen LogP contribution is 2.31. The fraction of sp³-hybridized carbons (Fsp3) is 0.200. The summed E-state index contributed by atoms with van der Waals surface area (Å²) in [6, 6.07) is 8.05. The highest BCUT2D eigenvalue weighted by molar-refractivity contribution is 9.10. The number of aryl methyl sites for hydroxylation is 1. The first-order valence-corrected chi connectivity index (χ1v) is 6.92. The normalized spacial score (nSPS) is 12.5. The van der Waals surface area contributed by atoms with Crippen LogP contribution in [-0.4, -0.2) is 0 Å². The van der Waals surface area contributed by atoms with Crippen LogP contribution in [0.15, 0.2) is 34.8 Å². The molecule has 0 radical (unpaired) electrons. The van der Waals surface area contributed by atoms with Gasteiger partial charge in [0, 0.05) is 10.0 Å². The first-order chi connectivity index (χ1) is 9.47. The van der Waals surface area contributed by atoms with E-state index in [1.54, 1.807) is 12.1 Å². The SMILES string of the molecule is Cc1ccc(C(NN)c2cccc(Br)c2C)c(F)c1F. The van der Waals surface area contributed by atoms with Crippen molar-refractivity contribution in [2.75, 3.05) is 0 Å². The minimum Gasteiger partial charge on any atom is -0.271 e. The van der Waals surface area contributed by atoms with E-state index < -0.39 is 17.7 Å². The number of hydrogen-bond acceptors (Lipinski definition) is 2. The van der Waals surface area contributed by atoms with E-state index in [9.17, 15) is 8.78 Å². The number of hydrazine groups is 1. The van der Waals surface area contributed by atoms with Crippen LogP contribution in [0, 0.1) is 25.5 Å². The summed E-state index contributed by atoms with van der Waals surface area (Å²) >= 11 is 3.42. The van der Waals surface area contributed by atoms with Gasteiger partial charge in [-0.15, -0.1) is 0 Å². The largest absolute Gasteiger partial charge is 0.271 e. The number of hydrogen-bond donors (Lipinski definition) is 2. The fourth-order valence-corrected chi connectivity index (χ4v) is 2.55. The van der Waals surface area contributed by atoms with Gasteiger partial charge in [-0.05, 0) is 36.6 Å². The quantitative estimate of drug-likeness (QED) is 0.656. The van der Waals surface area contributed by atoms with E-state index >= 15 is 0 Å². The summed E-state index contributed by atoms with van der Waals surface area (Å²) in [4.78, 5) is 0. The summed E-state index contributed by atoms with van der Waals surface area (Å²) in [5, 5.41) is 0. The number of rotatable bonds is 3. The minimum atomic E-state index is -0.868. The van der Waals surface area contributed by atoms with Crippen LogP contribution in [0.5, 0.6) is 0 Å². The zero-order valence-corrected chi connectivity index (χ0v) is 12.8. The lowest BCUT2D eigenvalue weighted by atomic mass is 9.94. The smallest absolute Gasteiger partial charge is 0.164 e. The van der Waals surface area contributed by atoms with Crippen LogP contribution < -0.4 is 11.3 Å². The first-order valence-electron chi connectivity index (χ1n) is 6.13. The van der Waals surface area contributed by atoms with Gasteiger partial charge in [0.2, 0.25) is 0 Å². The molecule has 0 aliphatic rings. The van der Waals surface area contributed by atoms with Crippen molar-refractivity contribution in [3.8, 4) is 0 Å². The molecule has 2 nitrogen and oxygen atoms in total. The van der Waals surface area contributed by atoms with Crippen molar-refractivity contribution in [3.63, 3.8) is 0 Å². The van der Waals surface area contributed by atoms with E-state index in [2.05, 4.69) is 21.4 Å². The monoisotopic (exact) mass is 340 g/mol. The lowest BCUT2D eigenvalue weighted by Gasteiger charge is -2.21. The molecule has 0 aromatic heterocycles. The van der Waals surface area contributed by atoms with Gasteiger partial charge in [0.05, 0.1) is 6.04 Å². The van der Waals surface area contributed by atoms with Crippen molar-refractivity contribution in [2.45, 2.75) is 19.9 Å². The molecule has 2 rings (SSSR count). The van der Waals surface area contributed by atoms with E-state index in [1.165, 1.54) is 6.92 Å². The molecule has 0 bridgehead atoms. The average molecular weight is 341 g/mol. The second kappa shape index (κ2) is 5.99. The van der Waals surface area contributed by atoms with E-state index in [0.29, 0.717) is 0 Å². The van der Waals surface area contributed by atoms with Gasteiger partial charge in [-0.3, -0.25) is 5.84 Å². The summed E-state index contributed by atoms with van der Waals surface area (Å²) in [7, 11) is 0. The van der Waals surface area contributed by atoms with Gasteiger partial charge in [-0.2, -0.15) is 0 Å². The van der Waals surface area contributed by atoms with Crippen LogP contribution in [0.2, 0.25) is 0 Å². The number of nitrogens with two attached hydrogens (primary N) is 1. The second-order valence-electron chi connectivity index (χ2n) is 4.65. The molecule has 0 aliphatic carbocycles. The number of benzene rings is 2. The second-order valence-corrected chi connectivity index (χ2v) is 5.51. The molecular weight excluding hydrogens is 326 g/mol. The Kier molecular flexibility index (Phi) is 4.52. The summed E-state index contributed by atoms with van der Waals surface area (Å²) in [6.45, 7) is 3.42. The van der Waals surface area contributed by atoms with Gasteiger partial charge < -0.3 is 0 Å². The van der Waals surface area contributed by atoms with Crippen molar-refractivity contribution >= 4 is 15.9 Å². The van der Waals surface area contributed by atoms with E-state index in [-0.39, 0.29) is 11.1 Å². The predicted octanol–water partition coefficient (Wildman–Crippen LogP) is 3.90. The molecule has 1 unspecified atom stereocenters. The first kappa shape index (κ1) is 15.1. The molecule has 20 heavy (non-hydrogen) atoms. The molecule has 5 heteroatoms. The van der Waals surface area contributed by atoms with Crippen LogP contribution in [-0.2, 0) is 0 Å². The van der Waals surface area contributed by atoms with E-state index in [1.807, 2.05) is 25.1 Å². The van der Waals surface area contributed by atoms with Crippen molar-refractivity contribution in [1.29, 1.82) is 0 Å². The van der Waals surface area contributed by atoms with Gasteiger partial charge in [0.1, 0.15) is 0 Å². The van der Waals surface area contributed by atoms with Crippen LogP contribution in [0.1, 0.15) is 28.3 Å². The molecule has 0 spiro atoms. The maximum absolute atomic E-state index is 14.1. The molecule has 2 aromatic rings. The summed E-state index contributed by atoms with van der Waals surface area (Å²) < 4.78 is 28.8. The number of halogens is 3. The molecule has 0 heterocycles. The molecule has 0 amide bonds. The standard InChI is InChI=1S/C15H15BrF2N2/c1-8-6-7-11(14(18)13(8)17)15(20-19)10-4-3-5-12(16)9(10)2/h3-7,15,20H,19H2,1-2H3. The Bertz CT molecular complexity index is 644. The Labute approximate surface area is 125 Å². The topological polar surface area (TPSA) is 38.0 Å². The van der Waals surface area contributed by atoms with Crippen LogP contribution in [0.25, 0.3) is 0 Å². The van der Waals surface area contributed by atoms with Crippen molar-refractivity contribution in [3.05, 3.63) is 68.7 Å². The molecule has 3 N–H and O–H groups in total. The molecule has 0 fully saturated rings. The third-order valence-corrected chi connectivity index (χ3v) is 4.26. The lowest BCUT2D eigenvalue weighted by molar-refractivity contribution is 0.478. The molecule has 1 atom stereocenters. The molecule has 0 saturated heterocycles. The number of nitrogens with one attached hydrogen (secondary N) is 1. The third-order valence-electron chi connectivity index (χ3n) is 3.40. The predicted molar refractivity (Wildman–Crippen MR) is 79.1 cm³/mol. The third kappa shape index (κ3) is 2.61. The lowest BCUT2D eigenvalue weighted by Crippen LogP contribution is -2.30. The van der Waals surface area contributed by atoms with Crippen LogP contribution in [0.4, 0.5) is 8.78 Å². The average Bonchev–Trinajstić information content (AvgIpc) is 2.44. The maximum atomic E-state index is 14.1. The van der Waals surface area contributed by atoms with Crippen LogP contribution in [0.3, 0.4) is 0 Å². The van der Waals surface area contributed by atoms with Gasteiger partial charge >= 0.3 is 0 Å². The van der Waals surface area contributed by atoms with Gasteiger partial charge in [-0.25, -0.2) is 14.2 Å². The molecule has 106 valence electrons. The van der Waals surface area contributed by atoms with E-state index in [4.69, 9.17) is 5.84 Å². The zero-order chi connectivity index (χ0) is 14.9. The van der Waals surface area contributed by atoms with Gasteiger partial charge in [-0.1, -0.05) is 40.2 Å². The van der Waals surface area contributed by atoms with Crippen LogP contribution >= 0.6 is 15.9 Å². The summed E-state index contributed by atoms with van der Waals surface area (Å²) in [6.07, 6.45) is 0. The molecule has 2 aromatic carbocycles. The minimum absolute atomic E-state index is 0.191. The zero-order valence-electron chi connectivity index (χ0n) is 11.2. The Balaban J connectivity index is 2.59. The molecule has 0 saturated carbocycles. The summed E-state index contributed by atoms with van der Waals surface area (Å²) in [5.41, 5.74) is 4.75. The summed E-state index contributed by atoms with van der Waals surface area (Å²) in [5.74, 6) is 3.85. The Morgan fingerprint density at radius 2 is 1.75 bits per heavy atom. The highest BCUT2D eigenvalue weighted by Gasteiger charge is 2.22. The van der Waals surface area contributed by atoms with E-state index in [0.717, 1.165) is 15.6 Å². The Morgan fingerprint density at radius 3 is 2.40 bits per heavy atom. The Hall–Kier alpha value is -1.30. The molecule has 0 aliphatic heterocycles. The molecular formula is C15H15BrF2N2. The highest BCUT2D eigenvalue weighted by atomic mass is 79.9. The van der Waals surface area contributed by atoms with Gasteiger partial charge in [0.25, 0.3) is 0 Å². The Morgan fingerprint density at radius 1 is 1.05 bits per heavy atom. The maximum Gasteiger partial charge on any atom is 0.164 e. The van der Waals surface area contributed by atoms with Gasteiger partial charge in [0.15, 0.2) is 11.6 Å². The van der Waals surface area contributed by atoms with Crippen molar-refractivity contribution < 1.29 is 8.78 Å². The van der Waals surface area contributed by atoms with Crippen molar-refractivity contribution in [2.24, 2.45) is 5.84 Å².